The number of nitrogens with one attached hydrogen (secondary N) is 2. The molecule has 2 aromatic carbocycles. The lowest BCUT2D eigenvalue weighted by molar-refractivity contribution is 0.107. The first-order valence-corrected chi connectivity index (χ1v) is 14.7. The molecule has 0 unspecified atom stereocenters. The Labute approximate surface area is 256 Å². The van der Waals surface area contributed by atoms with E-state index >= 15 is 0 Å². The maximum Gasteiger partial charge on any atom is 0.349 e. The number of hydrogen-bond donors (Lipinski definition) is 3. The number of phenols is 1. The number of alkyl halides is 1. The molecule has 0 saturated carbocycles. The van der Waals surface area contributed by atoms with Crippen molar-refractivity contribution in [2.24, 2.45) is 0 Å². The summed E-state index contributed by atoms with van der Waals surface area (Å²) in [6, 6.07) is 5.55. The summed E-state index contributed by atoms with van der Waals surface area (Å²) in [5, 5.41) is 14.6. The van der Waals surface area contributed by atoms with E-state index in [0.29, 0.717) is 29.3 Å². The fraction of sp³-hybridized carbons (Fsp3) is 0.333. The molecule has 2 atom stereocenters. The molecule has 12 heteroatoms. The lowest BCUT2D eigenvalue weighted by atomic mass is 9.95. The van der Waals surface area contributed by atoms with Gasteiger partial charge in [0.1, 0.15) is 47.1 Å². The van der Waals surface area contributed by atoms with Gasteiger partial charge in [-0.15, -0.1) is 6.42 Å². The molecule has 2 fully saturated rings. The highest BCUT2D eigenvalue weighted by Gasteiger charge is 2.49. The molecule has 0 bridgehead atoms. The van der Waals surface area contributed by atoms with Crippen molar-refractivity contribution in [3.63, 3.8) is 0 Å². The summed E-state index contributed by atoms with van der Waals surface area (Å²) in [7, 11) is 0. The number of anilines is 1. The van der Waals surface area contributed by atoms with Crippen molar-refractivity contribution in [3.05, 3.63) is 69.3 Å². The Kier molecular flexibility index (Phi) is 6.93. The molecule has 0 amide bonds. The highest BCUT2D eigenvalue weighted by atomic mass is 19.1. The van der Waals surface area contributed by atoms with Crippen molar-refractivity contribution in [1.29, 1.82) is 0 Å². The third kappa shape index (κ3) is 4.93. The zero-order chi connectivity index (χ0) is 31.5. The zero-order valence-electron chi connectivity index (χ0n) is 24.7. The Hall–Kier alpha value is -5.02. The van der Waals surface area contributed by atoms with E-state index in [4.69, 9.17) is 15.6 Å². The van der Waals surface area contributed by atoms with Gasteiger partial charge in [-0.3, -0.25) is 4.90 Å². The van der Waals surface area contributed by atoms with Crippen LogP contribution in [0, 0.1) is 32.0 Å². The van der Waals surface area contributed by atoms with Crippen LogP contribution < -0.4 is 15.7 Å². The van der Waals surface area contributed by atoms with Gasteiger partial charge < -0.3 is 24.6 Å². The van der Waals surface area contributed by atoms with Crippen molar-refractivity contribution >= 4 is 27.5 Å². The summed E-state index contributed by atoms with van der Waals surface area (Å²) in [5.41, 5.74) is 0.420. The van der Waals surface area contributed by atoms with Gasteiger partial charge >= 0.3 is 11.6 Å². The summed E-state index contributed by atoms with van der Waals surface area (Å²) in [4.78, 5) is 32.4. The van der Waals surface area contributed by atoms with Gasteiger partial charge in [-0.1, -0.05) is 12.0 Å². The summed E-state index contributed by atoms with van der Waals surface area (Å²) in [6.07, 6.45) is 8.56. The van der Waals surface area contributed by atoms with Crippen LogP contribution in [-0.2, 0) is 6.54 Å². The molecule has 10 nitrogen and oxygen atoms in total. The molecule has 2 aliphatic heterocycles. The number of benzene rings is 2. The number of aromatic nitrogens is 4. The van der Waals surface area contributed by atoms with E-state index in [0.717, 1.165) is 30.9 Å². The number of aromatic amines is 1. The average Bonchev–Trinajstić information content (AvgIpc) is 3.69. The van der Waals surface area contributed by atoms with Crippen LogP contribution >= 0.6 is 0 Å². The van der Waals surface area contributed by atoms with Crippen molar-refractivity contribution in [2.45, 2.75) is 51.4 Å². The predicted octanol–water partition coefficient (Wildman–Crippen LogP) is 5.14. The van der Waals surface area contributed by atoms with E-state index in [1.54, 1.807) is 13.1 Å². The zero-order valence-corrected chi connectivity index (χ0v) is 24.7. The number of aryl methyl sites for hydroxylation is 2. The number of halogens is 2. The number of phenolic OH excluding ortho intramolecular Hbond substituents is 1. The average molecular weight is 613 g/mol. The Morgan fingerprint density at radius 2 is 2.13 bits per heavy atom. The van der Waals surface area contributed by atoms with Gasteiger partial charge in [0.2, 0.25) is 0 Å². The van der Waals surface area contributed by atoms with Crippen molar-refractivity contribution in [1.82, 2.24) is 24.8 Å². The van der Waals surface area contributed by atoms with Crippen LogP contribution in [-0.4, -0.2) is 61.3 Å². The van der Waals surface area contributed by atoms with E-state index in [1.807, 2.05) is 6.92 Å². The molecule has 230 valence electrons. The Bertz CT molecular complexity index is 2090. The second-order valence-electron chi connectivity index (χ2n) is 11.8. The number of nitrogens with zero attached hydrogens (tertiary/aromatic N) is 4. The van der Waals surface area contributed by atoms with E-state index in [9.17, 15) is 18.7 Å². The minimum atomic E-state index is -0.925. The molecule has 2 saturated heterocycles. The molecule has 7 rings (SSSR count). The van der Waals surface area contributed by atoms with Gasteiger partial charge in [0.05, 0.1) is 35.1 Å². The van der Waals surface area contributed by atoms with E-state index in [-0.39, 0.29) is 58.5 Å². The van der Waals surface area contributed by atoms with E-state index in [2.05, 4.69) is 36.1 Å². The molecule has 2 aliphatic rings. The Morgan fingerprint density at radius 3 is 2.91 bits per heavy atom. The molecule has 45 heavy (non-hydrogen) atoms. The van der Waals surface area contributed by atoms with Gasteiger partial charge in [0, 0.05) is 29.5 Å². The molecule has 3 aromatic heterocycles. The first kappa shape index (κ1) is 28.7. The Morgan fingerprint density at radius 1 is 1.29 bits per heavy atom. The SMILES string of the molecule is C#Cc1c(F)ccc2cc(O)cc(-c3oc(=O)c4c(NCc5cnc(C)[nH]5)nc(OC[C@@]56CCCN5C[C@H](F)C6)nc4c3C)c12. The topological polar surface area (TPSA) is 129 Å². The number of ether oxygens (including phenoxy) is 1. The largest absolute Gasteiger partial charge is 0.508 e. The van der Waals surface area contributed by atoms with E-state index < -0.39 is 23.2 Å². The smallest absolute Gasteiger partial charge is 0.349 e. The van der Waals surface area contributed by atoms with Crippen LogP contribution in [0.5, 0.6) is 11.8 Å². The quantitative estimate of drug-likeness (QED) is 0.214. The van der Waals surface area contributed by atoms with Crippen LogP contribution in [0.15, 0.2) is 39.7 Å². The normalized spacial score (nSPS) is 19.7. The monoisotopic (exact) mass is 612 g/mol. The van der Waals surface area contributed by atoms with Crippen molar-refractivity contribution in [2.75, 3.05) is 25.0 Å². The number of rotatable bonds is 7. The maximum absolute atomic E-state index is 14.8. The van der Waals surface area contributed by atoms with Gasteiger partial charge in [-0.05, 0) is 56.8 Å². The minimum Gasteiger partial charge on any atom is -0.508 e. The number of hydrogen-bond acceptors (Lipinski definition) is 9. The van der Waals surface area contributed by atoms with Gasteiger partial charge in [0.25, 0.3) is 0 Å². The summed E-state index contributed by atoms with van der Waals surface area (Å²) in [5.74, 6) is 2.60. The fourth-order valence-corrected chi connectivity index (χ4v) is 6.82. The predicted molar refractivity (Wildman–Crippen MR) is 165 cm³/mol. The second kappa shape index (κ2) is 10.9. The number of fused-ring (bicyclic) bond motifs is 3. The van der Waals surface area contributed by atoms with Crippen LogP contribution in [0.1, 0.15) is 41.9 Å². The molecular formula is C33H30F2N6O4. The van der Waals surface area contributed by atoms with Gasteiger partial charge in [0.15, 0.2) is 0 Å². The first-order valence-electron chi connectivity index (χ1n) is 14.7. The van der Waals surface area contributed by atoms with Crippen LogP contribution in [0.25, 0.3) is 33.0 Å². The summed E-state index contributed by atoms with van der Waals surface area (Å²) in [6.45, 7) is 5.16. The molecule has 5 heterocycles. The molecule has 0 aliphatic carbocycles. The lowest BCUT2D eigenvalue weighted by Gasteiger charge is -2.30. The minimum absolute atomic E-state index is 0.00472. The van der Waals surface area contributed by atoms with Crippen LogP contribution in [0.3, 0.4) is 0 Å². The van der Waals surface area contributed by atoms with Gasteiger partial charge in [-0.25, -0.2) is 18.6 Å². The first-order chi connectivity index (χ1) is 21.7. The molecule has 0 radical (unpaired) electrons. The molecule has 3 N–H and O–H groups in total. The summed E-state index contributed by atoms with van der Waals surface area (Å²) >= 11 is 0. The van der Waals surface area contributed by atoms with E-state index in [1.165, 1.54) is 24.3 Å². The summed E-state index contributed by atoms with van der Waals surface area (Å²) < 4.78 is 41.3. The second-order valence-corrected chi connectivity index (χ2v) is 11.8. The number of H-pyrrole nitrogens is 1. The van der Waals surface area contributed by atoms with Crippen LogP contribution in [0.4, 0.5) is 14.6 Å². The maximum atomic E-state index is 14.8. The Balaban J connectivity index is 1.38. The third-order valence-corrected chi connectivity index (χ3v) is 8.86. The molecular weight excluding hydrogens is 582 g/mol. The standard InChI is InChI=1S/C33H30F2N6O4/c1-4-23-25(35)7-6-19-10-22(42)11-24(26(19)23)29-17(2)28-27(31(43)45-29)30(37-14-21-13-36-18(3)38-21)40-32(39-28)44-16-33-8-5-9-41(33)15-20(34)12-33/h1,6-7,10-11,13,20,42H,5,8-9,12,14-16H2,2-3H3,(H,36,38)(H,37,39,40)/t20-,33+/m1/s1. The van der Waals surface area contributed by atoms with Crippen molar-refractivity contribution < 1.29 is 23.0 Å². The number of aromatic hydroxyl groups is 1. The fourth-order valence-electron chi connectivity index (χ4n) is 6.82. The van der Waals surface area contributed by atoms with Crippen molar-refractivity contribution in [3.8, 4) is 35.4 Å². The molecule has 5 aromatic rings. The highest BCUT2D eigenvalue weighted by molar-refractivity contribution is 6.03. The third-order valence-electron chi connectivity index (χ3n) is 8.86. The highest BCUT2D eigenvalue weighted by Crippen LogP contribution is 2.41. The van der Waals surface area contributed by atoms with Crippen LogP contribution in [0.2, 0.25) is 0 Å². The lowest BCUT2D eigenvalue weighted by Crippen LogP contribution is -2.43. The molecule has 0 spiro atoms. The number of terminal acetylenes is 1. The number of imidazole rings is 1. The van der Waals surface area contributed by atoms with Gasteiger partial charge in [-0.2, -0.15) is 9.97 Å².